The number of nitrogens with one attached hydrogen (secondary N) is 1. The Labute approximate surface area is 113 Å². The Bertz CT molecular complexity index is 446. The second-order valence-corrected chi connectivity index (χ2v) is 4.39. The number of rotatable bonds is 7. The quantitative estimate of drug-likeness (QED) is 0.789. The molecule has 0 bridgehead atoms. The average Bonchev–Trinajstić information content (AvgIpc) is 2.42. The van der Waals surface area contributed by atoms with Crippen LogP contribution in [0, 0.1) is 0 Å². The van der Waals surface area contributed by atoms with Gasteiger partial charge in [0.05, 0.1) is 0 Å². The second kappa shape index (κ2) is 7.51. The van der Waals surface area contributed by atoms with Gasteiger partial charge in [-0.2, -0.15) is 0 Å². The van der Waals surface area contributed by atoms with Crippen LogP contribution in [0.5, 0.6) is 0 Å². The highest BCUT2D eigenvalue weighted by atomic mass is 16.4. The van der Waals surface area contributed by atoms with E-state index < -0.39 is 12.0 Å². The smallest absolute Gasteiger partial charge is 0.326 e. The zero-order chi connectivity index (χ0) is 14.3. The van der Waals surface area contributed by atoms with Gasteiger partial charge < -0.3 is 10.4 Å². The first-order chi connectivity index (χ1) is 9.10. The first-order valence-electron chi connectivity index (χ1n) is 6.56. The number of carboxylic acids is 1. The largest absolute Gasteiger partial charge is 0.480 e. The van der Waals surface area contributed by atoms with Crippen molar-refractivity contribution in [3.63, 3.8) is 0 Å². The minimum absolute atomic E-state index is 0.345. The predicted molar refractivity (Wildman–Crippen MR) is 72.0 cm³/mol. The fourth-order valence-corrected chi connectivity index (χ4v) is 1.83. The molecule has 1 aromatic heterocycles. The minimum atomic E-state index is -0.992. The number of carbonyl (C=O) groups excluding carboxylic acids is 1. The zero-order valence-corrected chi connectivity index (χ0v) is 11.3. The van der Waals surface area contributed by atoms with E-state index >= 15 is 0 Å². The number of hydrogen-bond donors (Lipinski definition) is 2. The molecule has 0 saturated heterocycles. The van der Waals surface area contributed by atoms with E-state index in [1.54, 1.807) is 12.3 Å². The van der Waals surface area contributed by atoms with Gasteiger partial charge in [-0.25, -0.2) is 4.79 Å². The van der Waals surface area contributed by atoms with E-state index in [1.165, 1.54) is 6.20 Å². The fraction of sp³-hybridized carbons (Fsp3) is 0.500. The SMILES string of the molecule is CCCCC(NC(=O)c1ccncc1CC)C(=O)O. The van der Waals surface area contributed by atoms with Crippen LogP contribution >= 0.6 is 0 Å². The van der Waals surface area contributed by atoms with Gasteiger partial charge in [-0.1, -0.05) is 26.7 Å². The number of pyridine rings is 1. The fourth-order valence-electron chi connectivity index (χ4n) is 1.83. The summed E-state index contributed by atoms with van der Waals surface area (Å²) < 4.78 is 0. The van der Waals surface area contributed by atoms with Gasteiger partial charge in [-0.05, 0) is 24.5 Å². The summed E-state index contributed by atoms with van der Waals surface area (Å²) in [7, 11) is 0. The lowest BCUT2D eigenvalue weighted by atomic mass is 10.1. The first kappa shape index (κ1) is 15.1. The van der Waals surface area contributed by atoms with Crippen LogP contribution < -0.4 is 5.32 Å². The molecule has 1 atom stereocenters. The molecule has 1 rings (SSSR count). The summed E-state index contributed by atoms with van der Waals surface area (Å²) in [6.45, 7) is 3.92. The Hall–Kier alpha value is -1.91. The Kier molecular flexibility index (Phi) is 5.99. The number of amides is 1. The van der Waals surface area contributed by atoms with E-state index in [1.807, 2.05) is 13.8 Å². The van der Waals surface area contributed by atoms with Crippen molar-refractivity contribution in [1.29, 1.82) is 0 Å². The number of aliphatic carboxylic acids is 1. The molecule has 1 aromatic rings. The predicted octanol–water partition coefficient (Wildman–Crippen LogP) is 2.02. The number of hydrogen-bond acceptors (Lipinski definition) is 3. The number of aryl methyl sites for hydroxylation is 1. The maximum atomic E-state index is 12.1. The monoisotopic (exact) mass is 264 g/mol. The van der Waals surface area contributed by atoms with Gasteiger partial charge in [0, 0.05) is 18.0 Å². The van der Waals surface area contributed by atoms with E-state index in [0.717, 1.165) is 18.4 Å². The summed E-state index contributed by atoms with van der Waals surface area (Å²) >= 11 is 0. The van der Waals surface area contributed by atoms with E-state index in [0.29, 0.717) is 18.4 Å². The lowest BCUT2D eigenvalue weighted by Crippen LogP contribution is -2.41. The van der Waals surface area contributed by atoms with Crippen molar-refractivity contribution in [2.45, 2.75) is 45.6 Å². The lowest BCUT2D eigenvalue weighted by molar-refractivity contribution is -0.139. The van der Waals surface area contributed by atoms with Crippen molar-refractivity contribution >= 4 is 11.9 Å². The molecular weight excluding hydrogens is 244 g/mol. The van der Waals surface area contributed by atoms with Crippen molar-refractivity contribution in [3.8, 4) is 0 Å². The first-order valence-corrected chi connectivity index (χ1v) is 6.56. The van der Waals surface area contributed by atoms with E-state index in [4.69, 9.17) is 5.11 Å². The third kappa shape index (κ3) is 4.35. The third-order valence-corrected chi connectivity index (χ3v) is 2.98. The van der Waals surface area contributed by atoms with Crippen LogP contribution in [-0.2, 0) is 11.2 Å². The Morgan fingerprint density at radius 1 is 1.42 bits per heavy atom. The van der Waals surface area contributed by atoms with Crippen LogP contribution in [0.4, 0.5) is 0 Å². The molecule has 2 N–H and O–H groups in total. The van der Waals surface area contributed by atoms with Crippen molar-refractivity contribution in [2.75, 3.05) is 0 Å². The Morgan fingerprint density at radius 2 is 2.16 bits per heavy atom. The molecule has 0 radical (unpaired) electrons. The summed E-state index contributed by atoms with van der Waals surface area (Å²) in [5.41, 5.74) is 1.32. The van der Waals surface area contributed by atoms with Crippen LogP contribution in [0.15, 0.2) is 18.5 Å². The number of aromatic nitrogens is 1. The van der Waals surface area contributed by atoms with Gasteiger partial charge in [0.25, 0.3) is 5.91 Å². The van der Waals surface area contributed by atoms with Crippen LogP contribution in [0.1, 0.15) is 49.0 Å². The normalized spacial score (nSPS) is 11.9. The van der Waals surface area contributed by atoms with Crippen molar-refractivity contribution in [1.82, 2.24) is 10.3 Å². The van der Waals surface area contributed by atoms with Crippen LogP contribution in [-0.4, -0.2) is 28.0 Å². The van der Waals surface area contributed by atoms with Crippen LogP contribution in [0.25, 0.3) is 0 Å². The number of carbonyl (C=O) groups is 2. The summed E-state index contributed by atoms with van der Waals surface area (Å²) in [4.78, 5) is 27.2. The summed E-state index contributed by atoms with van der Waals surface area (Å²) in [5, 5.41) is 11.7. The van der Waals surface area contributed by atoms with Gasteiger partial charge >= 0.3 is 5.97 Å². The highest BCUT2D eigenvalue weighted by Crippen LogP contribution is 2.09. The molecule has 1 amide bonds. The van der Waals surface area contributed by atoms with Crippen LogP contribution in [0.3, 0.4) is 0 Å². The van der Waals surface area contributed by atoms with Gasteiger partial charge in [0.1, 0.15) is 6.04 Å². The number of carboxylic acid groups (broad SMARTS) is 1. The molecule has 0 aliphatic heterocycles. The zero-order valence-electron chi connectivity index (χ0n) is 11.3. The molecule has 0 aliphatic carbocycles. The third-order valence-electron chi connectivity index (χ3n) is 2.98. The van der Waals surface area contributed by atoms with Crippen molar-refractivity contribution < 1.29 is 14.7 Å². The molecule has 1 heterocycles. The standard InChI is InChI=1S/C14H20N2O3/c1-3-5-6-12(14(18)19)16-13(17)11-7-8-15-9-10(11)4-2/h7-9,12H,3-6H2,1-2H3,(H,16,17)(H,18,19). The van der Waals surface area contributed by atoms with Gasteiger partial charge in [0.2, 0.25) is 0 Å². The lowest BCUT2D eigenvalue weighted by Gasteiger charge is -2.15. The average molecular weight is 264 g/mol. The molecule has 0 saturated carbocycles. The number of nitrogens with zero attached hydrogens (tertiary/aromatic N) is 1. The Balaban J connectivity index is 2.78. The highest BCUT2D eigenvalue weighted by Gasteiger charge is 2.21. The van der Waals surface area contributed by atoms with Gasteiger partial charge in [-0.15, -0.1) is 0 Å². The second-order valence-electron chi connectivity index (χ2n) is 4.39. The Morgan fingerprint density at radius 3 is 2.74 bits per heavy atom. The molecule has 1 unspecified atom stereocenters. The van der Waals surface area contributed by atoms with Gasteiger partial charge in [0.15, 0.2) is 0 Å². The molecule has 0 aliphatic rings. The molecule has 0 fully saturated rings. The van der Waals surface area contributed by atoms with E-state index in [2.05, 4.69) is 10.3 Å². The molecule has 5 heteroatoms. The molecule has 104 valence electrons. The molecule has 19 heavy (non-hydrogen) atoms. The summed E-state index contributed by atoms with van der Waals surface area (Å²) in [6.07, 6.45) is 5.98. The number of unbranched alkanes of at least 4 members (excludes halogenated alkanes) is 1. The highest BCUT2D eigenvalue weighted by molar-refractivity contribution is 5.97. The molecule has 0 aromatic carbocycles. The summed E-state index contributed by atoms with van der Waals surface area (Å²) in [6, 6.07) is 0.790. The molecule has 0 spiro atoms. The van der Waals surface area contributed by atoms with Crippen molar-refractivity contribution in [3.05, 3.63) is 29.6 Å². The van der Waals surface area contributed by atoms with E-state index in [-0.39, 0.29) is 5.91 Å². The van der Waals surface area contributed by atoms with E-state index in [9.17, 15) is 9.59 Å². The molecule has 5 nitrogen and oxygen atoms in total. The minimum Gasteiger partial charge on any atom is -0.480 e. The van der Waals surface area contributed by atoms with Gasteiger partial charge in [-0.3, -0.25) is 9.78 Å². The summed E-state index contributed by atoms with van der Waals surface area (Å²) in [5.74, 6) is -1.34. The maximum Gasteiger partial charge on any atom is 0.326 e. The topological polar surface area (TPSA) is 79.3 Å². The van der Waals surface area contributed by atoms with Crippen molar-refractivity contribution in [2.24, 2.45) is 0 Å². The maximum absolute atomic E-state index is 12.1. The molecular formula is C14H20N2O3. The van der Waals surface area contributed by atoms with Crippen LogP contribution in [0.2, 0.25) is 0 Å².